The van der Waals surface area contributed by atoms with E-state index in [0.29, 0.717) is 12.0 Å². The maximum atomic E-state index is 12.6. The molecule has 2 rings (SSSR count). The Bertz CT molecular complexity index is 461. The van der Waals surface area contributed by atoms with E-state index in [0.717, 1.165) is 33.0 Å². The van der Waals surface area contributed by atoms with Crippen LogP contribution in [0.2, 0.25) is 0 Å². The highest BCUT2D eigenvalue weighted by Crippen LogP contribution is 2.28. The second-order valence-corrected chi connectivity index (χ2v) is 7.15. The molecule has 0 spiro atoms. The van der Waals surface area contributed by atoms with E-state index >= 15 is 0 Å². The zero-order chi connectivity index (χ0) is 13.3. The third kappa shape index (κ3) is 2.90. The Labute approximate surface area is 130 Å². The average molecular weight is 422 g/mol. The molecule has 2 nitrogen and oxygen atoms in total. The van der Waals surface area contributed by atoms with Crippen molar-refractivity contribution in [2.75, 3.05) is 6.54 Å². The molecule has 0 aromatic heterocycles. The normalized spacial score (nSPS) is 19.6. The van der Waals surface area contributed by atoms with Gasteiger partial charge in [0.25, 0.3) is 5.91 Å². The van der Waals surface area contributed by atoms with Crippen molar-refractivity contribution in [2.45, 2.75) is 32.7 Å². The molecular formula is C14H17BrINO. The highest BCUT2D eigenvalue weighted by Gasteiger charge is 2.32. The van der Waals surface area contributed by atoms with Crippen LogP contribution < -0.4 is 0 Å². The van der Waals surface area contributed by atoms with Gasteiger partial charge in [0.1, 0.15) is 0 Å². The molecule has 0 bridgehead atoms. The minimum Gasteiger partial charge on any atom is -0.335 e. The quantitative estimate of drug-likeness (QED) is 0.651. The fourth-order valence-corrected chi connectivity index (χ4v) is 3.48. The first-order valence-electron chi connectivity index (χ1n) is 6.26. The number of amides is 1. The van der Waals surface area contributed by atoms with Crippen molar-refractivity contribution >= 4 is 44.4 Å². The van der Waals surface area contributed by atoms with Crippen LogP contribution >= 0.6 is 38.5 Å². The third-order valence-electron chi connectivity index (χ3n) is 3.49. The monoisotopic (exact) mass is 421 g/mol. The van der Waals surface area contributed by atoms with Crippen molar-refractivity contribution in [3.8, 4) is 0 Å². The average Bonchev–Trinajstić information content (AvgIpc) is 2.80. The summed E-state index contributed by atoms with van der Waals surface area (Å²) in [6.45, 7) is 5.29. The summed E-state index contributed by atoms with van der Waals surface area (Å²) >= 11 is 5.68. The maximum absolute atomic E-state index is 12.6. The predicted molar refractivity (Wildman–Crippen MR) is 85.8 cm³/mol. The first-order valence-corrected chi connectivity index (χ1v) is 8.14. The van der Waals surface area contributed by atoms with E-state index < -0.39 is 0 Å². The van der Waals surface area contributed by atoms with E-state index in [1.54, 1.807) is 0 Å². The molecule has 1 amide bonds. The number of nitrogens with zero attached hydrogens (tertiary/aromatic N) is 1. The summed E-state index contributed by atoms with van der Waals surface area (Å²) in [6, 6.07) is 6.29. The number of likely N-dealkylation sites (tertiary alicyclic amines) is 1. The van der Waals surface area contributed by atoms with Crippen molar-refractivity contribution in [3.63, 3.8) is 0 Å². The van der Waals surface area contributed by atoms with Gasteiger partial charge < -0.3 is 4.90 Å². The van der Waals surface area contributed by atoms with Gasteiger partial charge in [0.05, 0.1) is 5.56 Å². The van der Waals surface area contributed by atoms with Gasteiger partial charge in [-0.1, -0.05) is 29.8 Å². The summed E-state index contributed by atoms with van der Waals surface area (Å²) in [5.41, 5.74) is 0.817. The molecule has 0 aliphatic carbocycles. The number of hydrogen-bond acceptors (Lipinski definition) is 1. The fourth-order valence-electron chi connectivity index (χ4n) is 2.55. The van der Waals surface area contributed by atoms with Crippen molar-refractivity contribution in [2.24, 2.45) is 5.92 Å². The summed E-state index contributed by atoms with van der Waals surface area (Å²) in [4.78, 5) is 14.7. The molecule has 1 fully saturated rings. The Morgan fingerprint density at radius 1 is 1.50 bits per heavy atom. The molecule has 0 radical (unpaired) electrons. The Morgan fingerprint density at radius 2 is 2.22 bits per heavy atom. The lowest BCUT2D eigenvalue weighted by Gasteiger charge is -2.28. The molecule has 1 heterocycles. The molecule has 1 aliphatic heterocycles. The molecule has 1 aromatic rings. The zero-order valence-electron chi connectivity index (χ0n) is 10.6. The van der Waals surface area contributed by atoms with Crippen LogP contribution in [0.25, 0.3) is 0 Å². The minimum atomic E-state index is 0.178. The van der Waals surface area contributed by atoms with Crippen LogP contribution in [0.3, 0.4) is 0 Å². The molecule has 1 atom stereocenters. The summed E-state index contributed by atoms with van der Waals surface area (Å²) in [5, 5.41) is 0. The molecule has 18 heavy (non-hydrogen) atoms. The van der Waals surface area contributed by atoms with E-state index in [9.17, 15) is 4.79 Å². The standard InChI is InChI=1S/C14H17BrINO/c1-9(2)13-4-3-7-17(13)14(18)11-8-10(15)5-6-12(11)16/h5-6,8-9,13H,3-4,7H2,1-2H3. The lowest BCUT2D eigenvalue weighted by Crippen LogP contribution is -2.38. The summed E-state index contributed by atoms with van der Waals surface area (Å²) < 4.78 is 1.99. The van der Waals surface area contributed by atoms with Crippen LogP contribution in [-0.4, -0.2) is 23.4 Å². The maximum Gasteiger partial charge on any atom is 0.255 e. The van der Waals surface area contributed by atoms with E-state index in [1.807, 2.05) is 18.2 Å². The molecular weight excluding hydrogens is 405 g/mol. The van der Waals surface area contributed by atoms with Gasteiger partial charge in [-0.3, -0.25) is 4.79 Å². The number of rotatable bonds is 2. The largest absolute Gasteiger partial charge is 0.335 e. The predicted octanol–water partition coefficient (Wildman–Crippen LogP) is 4.31. The number of carbonyl (C=O) groups excluding carboxylic acids is 1. The van der Waals surface area contributed by atoms with Gasteiger partial charge in [0, 0.05) is 20.6 Å². The Morgan fingerprint density at radius 3 is 2.89 bits per heavy atom. The molecule has 0 saturated carbocycles. The fraction of sp³-hybridized carbons (Fsp3) is 0.500. The second-order valence-electron chi connectivity index (χ2n) is 5.08. The lowest BCUT2D eigenvalue weighted by atomic mass is 10.0. The van der Waals surface area contributed by atoms with Crippen LogP contribution in [0.5, 0.6) is 0 Å². The molecule has 4 heteroatoms. The zero-order valence-corrected chi connectivity index (χ0v) is 14.4. The van der Waals surface area contributed by atoms with Gasteiger partial charge in [-0.05, 0) is 59.5 Å². The highest BCUT2D eigenvalue weighted by atomic mass is 127. The van der Waals surface area contributed by atoms with Gasteiger partial charge in [-0.25, -0.2) is 0 Å². The number of halogens is 2. The van der Waals surface area contributed by atoms with Crippen LogP contribution in [-0.2, 0) is 0 Å². The van der Waals surface area contributed by atoms with Gasteiger partial charge in [0.2, 0.25) is 0 Å². The number of hydrogen-bond donors (Lipinski definition) is 0. The van der Waals surface area contributed by atoms with Crippen molar-refractivity contribution in [1.29, 1.82) is 0 Å². The molecule has 1 saturated heterocycles. The summed E-state index contributed by atoms with van der Waals surface area (Å²) in [6.07, 6.45) is 2.26. The molecule has 1 aromatic carbocycles. The SMILES string of the molecule is CC(C)C1CCCN1C(=O)c1cc(Br)ccc1I. The van der Waals surface area contributed by atoms with E-state index in [1.165, 1.54) is 0 Å². The van der Waals surface area contributed by atoms with E-state index in [4.69, 9.17) is 0 Å². The minimum absolute atomic E-state index is 0.178. The second kappa shape index (κ2) is 5.90. The first-order chi connectivity index (χ1) is 8.50. The number of benzene rings is 1. The van der Waals surface area contributed by atoms with Crippen molar-refractivity contribution in [1.82, 2.24) is 4.90 Å². The highest BCUT2D eigenvalue weighted by molar-refractivity contribution is 14.1. The van der Waals surface area contributed by atoms with Crippen LogP contribution in [0, 0.1) is 9.49 Å². The van der Waals surface area contributed by atoms with Crippen LogP contribution in [0.15, 0.2) is 22.7 Å². The lowest BCUT2D eigenvalue weighted by molar-refractivity contribution is 0.0700. The van der Waals surface area contributed by atoms with Gasteiger partial charge >= 0.3 is 0 Å². The summed E-state index contributed by atoms with van der Waals surface area (Å²) in [5.74, 6) is 0.707. The smallest absolute Gasteiger partial charge is 0.255 e. The molecule has 98 valence electrons. The Balaban J connectivity index is 2.28. The topological polar surface area (TPSA) is 20.3 Å². The van der Waals surface area contributed by atoms with Crippen molar-refractivity contribution < 1.29 is 4.79 Å². The van der Waals surface area contributed by atoms with Crippen molar-refractivity contribution in [3.05, 3.63) is 31.8 Å². The Kier molecular flexibility index (Phi) is 4.69. The van der Waals surface area contributed by atoms with E-state index in [2.05, 4.69) is 57.3 Å². The van der Waals surface area contributed by atoms with Gasteiger partial charge in [-0.2, -0.15) is 0 Å². The van der Waals surface area contributed by atoms with E-state index in [-0.39, 0.29) is 5.91 Å². The van der Waals surface area contributed by atoms with Gasteiger partial charge in [0.15, 0.2) is 0 Å². The molecule has 0 N–H and O–H groups in total. The Hall–Kier alpha value is -0.100. The summed E-state index contributed by atoms with van der Waals surface area (Å²) in [7, 11) is 0. The van der Waals surface area contributed by atoms with Crippen LogP contribution in [0.1, 0.15) is 37.0 Å². The third-order valence-corrected chi connectivity index (χ3v) is 4.92. The molecule has 1 aliphatic rings. The molecule has 1 unspecified atom stereocenters. The first kappa shape index (κ1) is 14.3. The van der Waals surface area contributed by atoms with Crippen LogP contribution in [0.4, 0.5) is 0 Å². The number of carbonyl (C=O) groups is 1. The van der Waals surface area contributed by atoms with Gasteiger partial charge in [-0.15, -0.1) is 0 Å².